The molecule has 0 aromatic heterocycles. The van der Waals surface area contributed by atoms with Crippen molar-refractivity contribution in [2.45, 2.75) is 51.2 Å². The van der Waals surface area contributed by atoms with Crippen molar-refractivity contribution in [1.82, 2.24) is 5.32 Å². The molecular weight excluding hydrogens is 225 g/mol. The molecule has 0 saturated carbocycles. The van der Waals surface area contributed by atoms with Gasteiger partial charge in [0, 0.05) is 13.2 Å². The van der Waals surface area contributed by atoms with E-state index in [-0.39, 0.29) is 0 Å². The number of rotatable bonds is 3. The van der Waals surface area contributed by atoms with E-state index < -0.39 is 23.9 Å². The predicted molar refractivity (Wildman–Crippen MR) is 62.7 cm³/mol. The van der Waals surface area contributed by atoms with Gasteiger partial charge in [0.25, 0.3) is 0 Å². The quantitative estimate of drug-likeness (QED) is 0.833. The third kappa shape index (κ3) is 4.89. The number of hydrogen-bond acceptors (Lipinski definition) is 3. The third-order valence-corrected chi connectivity index (χ3v) is 2.79. The van der Waals surface area contributed by atoms with E-state index in [0.29, 0.717) is 32.5 Å². The highest BCUT2D eigenvalue weighted by Crippen LogP contribution is 2.25. The minimum Gasteiger partial charge on any atom is -0.444 e. The zero-order valence-corrected chi connectivity index (χ0v) is 10.8. The van der Waals surface area contributed by atoms with Gasteiger partial charge in [-0.3, -0.25) is 4.39 Å². The zero-order chi connectivity index (χ0) is 12.9. The summed E-state index contributed by atoms with van der Waals surface area (Å²) in [6, 6.07) is 0. The summed E-state index contributed by atoms with van der Waals surface area (Å²) in [7, 11) is 0. The normalized spacial score (nSPS) is 19.8. The van der Waals surface area contributed by atoms with Crippen molar-refractivity contribution in [2.24, 2.45) is 0 Å². The molecule has 1 aliphatic rings. The third-order valence-electron chi connectivity index (χ3n) is 2.79. The number of carbonyl (C=O) groups excluding carboxylic acids is 1. The summed E-state index contributed by atoms with van der Waals surface area (Å²) in [5.41, 5.74) is -1.04. The number of halogens is 1. The molecule has 1 fully saturated rings. The zero-order valence-electron chi connectivity index (χ0n) is 10.8. The first-order valence-electron chi connectivity index (χ1n) is 6.02. The van der Waals surface area contributed by atoms with Crippen molar-refractivity contribution in [3.8, 4) is 0 Å². The van der Waals surface area contributed by atoms with E-state index >= 15 is 0 Å². The number of nitrogens with one attached hydrogen (secondary N) is 1. The van der Waals surface area contributed by atoms with Gasteiger partial charge in [0.2, 0.25) is 0 Å². The molecule has 0 aromatic rings. The number of ether oxygens (including phenoxy) is 2. The summed E-state index contributed by atoms with van der Waals surface area (Å²) in [4.78, 5) is 11.7. The number of hydrogen-bond donors (Lipinski definition) is 1. The summed E-state index contributed by atoms with van der Waals surface area (Å²) in [6.45, 7) is 6.07. The van der Waals surface area contributed by atoms with E-state index in [2.05, 4.69) is 5.32 Å². The highest BCUT2D eigenvalue weighted by molar-refractivity contribution is 5.68. The van der Waals surface area contributed by atoms with Crippen LogP contribution >= 0.6 is 0 Å². The van der Waals surface area contributed by atoms with Crippen LogP contribution in [0.3, 0.4) is 0 Å². The van der Waals surface area contributed by atoms with Crippen molar-refractivity contribution in [1.29, 1.82) is 0 Å². The van der Waals surface area contributed by atoms with Crippen LogP contribution in [0.2, 0.25) is 0 Å². The van der Waals surface area contributed by atoms with E-state index in [9.17, 15) is 9.18 Å². The minimum atomic E-state index is -0.536. The van der Waals surface area contributed by atoms with E-state index in [0.717, 1.165) is 0 Å². The Labute approximate surface area is 102 Å². The van der Waals surface area contributed by atoms with Gasteiger partial charge in [-0.2, -0.15) is 0 Å². The Bertz CT molecular complexity index is 251. The Balaban J connectivity index is 2.57. The van der Waals surface area contributed by atoms with Gasteiger partial charge >= 0.3 is 6.09 Å². The van der Waals surface area contributed by atoms with Crippen LogP contribution in [-0.2, 0) is 9.47 Å². The van der Waals surface area contributed by atoms with Gasteiger partial charge in [-0.1, -0.05) is 0 Å². The summed E-state index contributed by atoms with van der Waals surface area (Å²) >= 11 is 0. The van der Waals surface area contributed by atoms with Crippen LogP contribution in [0, 0.1) is 0 Å². The standard InChI is InChI=1S/C12H22FNO3/c1-11(2,3)17-10(15)14-12(4-7-13)5-8-16-9-6-12/h4-9H2,1-3H3,(H,14,15). The van der Waals surface area contributed by atoms with Gasteiger partial charge < -0.3 is 14.8 Å². The summed E-state index contributed by atoms with van der Waals surface area (Å²) in [5.74, 6) is 0. The van der Waals surface area contributed by atoms with Crippen molar-refractivity contribution >= 4 is 6.09 Å². The SMILES string of the molecule is CC(C)(C)OC(=O)NC1(CCF)CCOCC1. The van der Waals surface area contributed by atoms with E-state index in [4.69, 9.17) is 9.47 Å². The van der Waals surface area contributed by atoms with Crippen LogP contribution < -0.4 is 5.32 Å². The molecule has 1 saturated heterocycles. The van der Waals surface area contributed by atoms with Crippen LogP contribution in [0.25, 0.3) is 0 Å². The molecule has 0 aromatic carbocycles. The molecule has 0 radical (unpaired) electrons. The Morgan fingerprint density at radius 1 is 1.41 bits per heavy atom. The average molecular weight is 247 g/mol. The predicted octanol–water partition coefficient (Wildman–Crippen LogP) is 2.42. The largest absolute Gasteiger partial charge is 0.444 e. The van der Waals surface area contributed by atoms with E-state index in [1.54, 1.807) is 20.8 Å². The fourth-order valence-electron chi connectivity index (χ4n) is 1.90. The van der Waals surface area contributed by atoms with Gasteiger partial charge in [-0.15, -0.1) is 0 Å². The molecular formula is C12H22FNO3. The highest BCUT2D eigenvalue weighted by atomic mass is 19.1. The summed E-state index contributed by atoms with van der Waals surface area (Å²) < 4.78 is 23.0. The second-order valence-electron chi connectivity index (χ2n) is 5.46. The van der Waals surface area contributed by atoms with Crippen LogP contribution in [0.4, 0.5) is 9.18 Å². The molecule has 4 nitrogen and oxygen atoms in total. The molecule has 1 rings (SSSR count). The lowest BCUT2D eigenvalue weighted by Gasteiger charge is -2.37. The fourth-order valence-corrected chi connectivity index (χ4v) is 1.90. The van der Waals surface area contributed by atoms with Gasteiger partial charge in [-0.25, -0.2) is 4.79 Å². The molecule has 17 heavy (non-hydrogen) atoms. The number of alkyl halides is 1. The fraction of sp³-hybridized carbons (Fsp3) is 0.917. The van der Waals surface area contributed by atoms with Crippen LogP contribution in [0.5, 0.6) is 0 Å². The topological polar surface area (TPSA) is 47.6 Å². The Hall–Kier alpha value is -0.840. The van der Waals surface area contributed by atoms with Gasteiger partial charge in [0.1, 0.15) is 5.60 Å². The van der Waals surface area contributed by atoms with Crippen molar-refractivity contribution in [3.05, 3.63) is 0 Å². The molecule has 100 valence electrons. The second kappa shape index (κ2) is 5.67. The number of carbonyl (C=O) groups is 1. The van der Waals surface area contributed by atoms with E-state index in [1.165, 1.54) is 0 Å². The smallest absolute Gasteiger partial charge is 0.408 e. The Morgan fingerprint density at radius 2 is 2.00 bits per heavy atom. The average Bonchev–Trinajstić information content (AvgIpc) is 2.15. The van der Waals surface area contributed by atoms with E-state index in [1.807, 2.05) is 0 Å². The Morgan fingerprint density at radius 3 is 2.47 bits per heavy atom. The maximum absolute atomic E-state index is 12.6. The molecule has 0 spiro atoms. The molecule has 0 bridgehead atoms. The lowest BCUT2D eigenvalue weighted by molar-refractivity contribution is 0.0130. The molecule has 0 atom stereocenters. The second-order valence-corrected chi connectivity index (χ2v) is 5.46. The van der Waals surface area contributed by atoms with Gasteiger partial charge in [0.15, 0.2) is 0 Å². The first kappa shape index (κ1) is 14.2. The van der Waals surface area contributed by atoms with Crippen LogP contribution in [0.15, 0.2) is 0 Å². The summed E-state index contributed by atoms with van der Waals surface area (Å²) in [5, 5.41) is 2.81. The maximum Gasteiger partial charge on any atom is 0.408 e. The van der Waals surface area contributed by atoms with Crippen molar-refractivity contribution < 1.29 is 18.7 Å². The van der Waals surface area contributed by atoms with Gasteiger partial charge in [-0.05, 0) is 40.0 Å². The highest BCUT2D eigenvalue weighted by Gasteiger charge is 2.35. The molecule has 5 heteroatoms. The number of amides is 1. The monoisotopic (exact) mass is 247 g/mol. The lowest BCUT2D eigenvalue weighted by Crippen LogP contribution is -2.53. The molecule has 1 heterocycles. The molecule has 1 amide bonds. The number of alkyl carbamates (subject to hydrolysis) is 1. The van der Waals surface area contributed by atoms with Gasteiger partial charge in [0.05, 0.1) is 12.2 Å². The molecule has 1 N–H and O–H groups in total. The molecule has 0 unspecified atom stereocenters. The molecule has 0 aliphatic carbocycles. The minimum absolute atomic E-state index is 0.315. The van der Waals surface area contributed by atoms with Crippen LogP contribution in [-0.4, -0.2) is 37.1 Å². The van der Waals surface area contributed by atoms with Crippen molar-refractivity contribution in [3.63, 3.8) is 0 Å². The molecule has 1 aliphatic heterocycles. The lowest BCUT2D eigenvalue weighted by atomic mass is 9.87. The maximum atomic E-state index is 12.6. The van der Waals surface area contributed by atoms with Crippen LogP contribution in [0.1, 0.15) is 40.0 Å². The first-order valence-corrected chi connectivity index (χ1v) is 6.02. The summed E-state index contributed by atoms with van der Waals surface area (Å²) in [6.07, 6.45) is 1.11. The van der Waals surface area contributed by atoms with Crippen molar-refractivity contribution in [2.75, 3.05) is 19.9 Å². The Kier molecular flexibility index (Phi) is 4.74. The first-order chi connectivity index (χ1) is 7.87.